The molecule has 1 aromatic carbocycles. The Kier molecular flexibility index (Phi) is 5.34. The molecule has 0 N–H and O–H groups in total. The Bertz CT molecular complexity index is 275. The average Bonchev–Trinajstić information content (AvgIpc) is 2.06. The molecule has 1 aromatic rings. The van der Waals surface area contributed by atoms with E-state index in [0.29, 0.717) is 0 Å². The minimum absolute atomic E-state index is 0. The van der Waals surface area contributed by atoms with Crippen LogP contribution in [0.25, 0.3) is 0 Å². The zero-order valence-electron chi connectivity index (χ0n) is 7.06. The maximum atomic E-state index is 11.0. The van der Waals surface area contributed by atoms with Crippen LogP contribution in [-0.2, 0) is 9.09 Å². The van der Waals surface area contributed by atoms with Gasteiger partial charge >= 0.3 is 29.6 Å². The molecule has 60 valence electrons. The third-order valence-corrected chi connectivity index (χ3v) is 2.72. The summed E-state index contributed by atoms with van der Waals surface area (Å²) in [6.45, 7) is 0. The van der Waals surface area contributed by atoms with E-state index in [1.807, 2.05) is 0 Å². The second kappa shape index (κ2) is 5.18. The van der Waals surface area contributed by atoms with Gasteiger partial charge in [0.15, 0.2) is 7.60 Å². The van der Waals surface area contributed by atoms with E-state index < -0.39 is 7.60 Å². The van der Waals surface area contributed by atoms with Crippen LogP contribution in [0.2, 0.25) is 0 Å². The smallest absolute Gasteiger partial charge is 0.775 e. The van der Waals surface area contributed by atoms with Crippen LogP contribution in [-0.4, -0.2) is 7.11 Å². The van der Waals surface area contributed by atoms with Gasteiger partial charge in [0.1, 0.15) is 0 Å². The Morgan fingerprint density at radius 3 is 2.25 bits per heavy atom. The van der Waals surface area contributed by atoms with Gasteiger partial charge in [0.25, 0.3) is 0 Å². The van der Waals surface area contributed by atoms with E-state index in [1.54, 1.807) is 18.2 Å². The predicted octanol–water partition coefficient (Wildman–Crippen LogP) is -2.48. The first-order chi connectivity index (χ1) is 5.17. The Balaban J connectivity index is 0.00000121. The summed E-state index contributed by atoms with van der Waals surface area (Å²) in [5, 5.41) is 0.211. The van der Waals surface area contributed by atoms with Crippen molar-refractivity contribution in [3.05, 3.63) is 30.3 Å². The van der Waals surface area contributed by atoms with E-state index in [1.165, 1.54) is 12.1 Å². The SMILES string of the molecule is COP(=O)([O-])c1ccccc1.[Na+]. The Morgan fingerprint density at radius 2 is 1.83 bits per heavy atom. The van der Waals surface area contributed by atoms with Crippen LogP contribution >= 0.6 is 7.60 Å². The quantitative estimate of drug-likeness (QED) is 0.387. The number of hydrogen-bond acceptors (Lipinski definition) is 3. The molecule has 0 aliphatic carbocycles. The van der Waals surface area contributed by atoms with Crippen LogP contribution in [0.15, 0.2) is 30.3 Å². The molecule has 1 rings (SSSR count). The van der Waals surface area contributed by atoms with Gasteiger partial charge < -0.3 is 14.0 Å². The molecule has 0 bridgehead atoms. The topological polar surface area (TPSA) is 49.4 Å². The van der Waals surface area contributed by atoms with Crippen LogP contribution in [0.1, 0.15) is 0 Å². The minimum atomic E-state index is -3.78. The van der Waals surface area contributed by atoms with Gasteiger partial charge in [-0.05, 0) is 0 Å². The van der Waals surface area contributed by atoms with Crippen molar-refractivity contribution in [2.24, 2.45) is 0 Å². The van der Waals surface area contributed by atoms with Crippen molar-refractivity contribution in [1.29, 1.82) is 0 Å². The molecule has 0 spiro atoms. The molecule has 1 unspecified atom stereocenters. The van der Waals surface area contributed by atoms with Crippen LogP contribution in [0.3, 0.4) is 0 Å². The second-order valence-corrected chi connectivity index (χ2v) is 3.89. The van der Waals surface area contributed by atoms with Crippen molar-refractivity contribution >= 4 is 12.9 Å². The summed E-state index contributed by atoms with van der Waals surface area (Å²) < 4.78 is 15.3. The molecule has 0 heterocycles. The molecule has 12 heavy (non-hydrogen) atoms. The van der Waals surface area contributed by atoms with Crippen molar-refractivity contribution < 1.29 is 43.5 Å². The molecule has 3 nitrogen and oxygen atoms in total. The van der Waals surface area contributed by atoms with E-state index in [0.717, 1.165) is 7.11 Å². The first-order valence-electron chi connectivity index (χ1n) is 3.09. The van der Waals surface area contributed by atoms with Crippen molar-refractivity contribution in [3.63, 3.8) is 0 Å². The predicted molar refractivity (Wildman–Crippen MR) is 40.7 cm³/mol. The molecule has 1 atom stereocenters. The molecule has 0 amide bonds. The molecular formula is C7H8NaO3P. The van der Waals surface area contributed by atoms with E-state index in [2.05, 4.69) is 4.52 Å². The van der Waals surface area contributed by atoms with Gasteiger partial charge in [-0.3, -0.25) is 0 Å². The normalized spacial score (nSPS) is 14.5. The summed E-state index contributed by atoms with van der Waals surface area (Å²) in [7, 11) is -2.62. The average molecular weight is 194 g/mol. The van der Waals surface area contributed by atoms with Crippen LogP contribution in [0.5, 0.6) is 0 Å². The molecule has 0 saturated carbocycles. The van der Waals surface area contributed by atoms with Gasteiger partial charge in [-0.25, -0.2) is 0 Å². The monoisotopic (exact) mass is 194 g/mol. The molecular weight excluding hydrogens is 186 g/mol. The first-order valence-corrected chi connectivity index (χ1v) is 4.63. The standard InChI is InChI=1S/C7H9O3P.Na/c1-10-11(8,9)7-5-3-2-4-6-7;/h2-6H,1H3,(H,8,9);/q;+1/p-1. The Morgan fingerprint density at radius 1 is 1.33 bits per heavy atom. The maximum Gasteiger partial charge on any atom is 1.00 e. The fourth-order valence-electron chi connectivity index (χ4n) is 0.716. The number of benzene rings is 1. The summed E-state index contributed by atoms with van der Waals surface area (Å²) in [6.07, 6.45) is 0. The molecule has 0 saturated heterocycles. The molecule has 0 radical (unpaired) electrons. The van der Waals surface area contributed by atoms with E-state index in [9.17, 15) is 9.46 Å². The van der Waals surface area contributed by atoms with Gasteiger partial charge in [-0.1, -0.05) is 30.3 Å². The Labute approximate surface area is 93.6 Å². The minimum Gasteiger partial charge on any atom is -0.775 e. The molecule has 0 aliphatic rings. The van der Waals surface area contributed by atoms with Gasteiger partial charge in [0, 0.05) is 12.4 Å². The largest absolute Gasteiger partial charge is 1.00 e. The second-order valence-electron chi connectivity index (χ2n) is 2.02. The third-order valence-electron chi connectivity index (χ3n) is 1.31. The summed E-state index contributed by atoms with van der Waals surface area (Å²) in [5.41, 5.74) is 0. The fraction of sp³-hybridized carbons (Fsp3) is 0.143. The van der Waals surface area contributed by atoms with Crippen LogP contribution in [0, 0.1) is 0 Å². The van der Waals surface area contributed by atoms with Crippen molar-refractivity contribution in [3.8, 4) is 0 Å². The first kappa shape index (κ1) is 12.4. The zero-order valence-corrected chi connectivity index (χ0v) is 9.95. The maximum absolute atomic E-state index is 11.0. The number of hydrogen-bond donors (Lipinski definition) is 0. The fourth-order valence-corrected chi connectivity index (χ4v) is 1.46. The Hall–Kier alpha value is 0.370. The summed E-state index contributed by atoms with van der Waals surface area (Å²) >= 11 is 0. The van der Waals surface area contributed by atoms with Crippen LogP contribution < -0.4 is 39.8 Å². The van der Waals surface area contributed by atoms with E-state index >= 15 is 0 Å². The van der Waals surface area contributed by atoms with Crippen molar-refractivity contribution in [2.75, 3.05) is 7.11 Å². The molecule has 5 heteroatoms. The summed E-state index contributed by atoms with van der Waals surface area (Å²) in [5.74, 6) is 0. The third kappa shape index (κ3) is 3.02. The molecule has 0 aliphatic heterocycles. The van der Waals surface area contributed by atoms with Gasteiger partial charge in [0.05, 0.1) is 0 Å². The van der Waals surface area contributed by atoms with Crippen molar-refractivity contribution in [2.45, 2.75) is 0 Å². The van der Waals surface area contributed by atoms with Gasteiger partial charge in [0.2, 0.25) is 0 Å². The number of rotatable bonds is 2. The van der Waals surface area contributed by atoms with E-state index in [-0.39, 0.29) is 34.9 Å². The molecule has 0 fully saturated rings. The van der Waals surface area contributed by atoms with Crippen molar-refractivity contribution in [1.82, 2.24) is 0 Å². The summed E-state index contributed by atoms with van der Waals surface area (Å²) in [6, 6.07) is 8.05. The van der Waals surface area contributed by atoms with E-state index in [4.69, 9.17) is 0 Å². The molecule has 0 aromatic heterocycles. The zero-order chi connectivity index (χ0) is 8.32. The van der Waals surface area contributed by atoms with Gasteiger partial charge in [-0.2, -0.15) is 0 Å². The summed E-state index contributed by atoms with van der Waals surface area (Å²) in [4.78, 5) is 11.0. The van der Waals surface area contributed by atoms with Gasteiger partial charge in [-0.15, -0.1) is 0 Å². The van der Waals surface area contributed by atoms with Crippen LogP contribution in [0.4, 0.5) is 0 Å².